The van der Waals surface area contributed by atoms with Crippen molar-refractivity contribution in [3.05, 3.63) is 64.1 Å². The number of hydrogen-bond acceptors (Lipinski definition) is 3. The molecule has 0 saturated carbocycles. The third-order valence-corrected chi connectivity index (χ3v) is 3.92. The number of amides is 3. The van der Waals surface area contributed by atoms with Crippen LogP contribution in [-0.4, -0.2) is 23.8 Å². The molecule has 3 amide bonds. The molecule has 0 spiro atoms. The minimum Gasteiger partial charge on any atom is -0.368 e. The second-order valence-corrected chi connectivity index (χ2v) is 6.44. The summed E-state index contributed by atoms with van der Waals surface area (Å²) in [6.45, 7) is 1.38. The molecule has 0 fully saturated rings. The van der Waals surface area contributed by atoms with Crippen LogP contribution in [0, 0.1) is 0 Å². The lowest BCUT2D eigenvalue weighted by atomic mass is 10.0. The maximum Gasteiger partial charge on any atom is 0.252 e. The van der Waals surface area contributed by atoms with Crippen LogP contribution in [-0.2, 0) is 16.0 Å². The fourth-order valence-corrected chi connectivity index (χ4v) is 2.75. The van der Waals surface area contributed by atoms with Gasteiger partial charge < -0.3 is 16.4 Å². The average molecular weight is 404 g/mol. The van der Waals surface area contributed by atoms with Crippen LogP contribution >= 0.6 is 15.9 Å². The van der Waals surface area contributed by atoms with Crippen molar-refractivity contribution in [3.63, 3.8) is 0 Å². The zero-order valence-electron chi connectivity index (χ0n) is 13.6. The molecule has 0 aliphatic carbocycles. The lowest BCUT2D eigenvalue weighted by Gasteiger charge is -2.16. The molecule has 0 aromatic heterocycles. The van der Waals surface area contributed by atoms with E-state index < -0.39 is 17.9 Å². The van der Waals surface area contributed by atoms with Gasteiger partial charge >= 0.3 is 0 Å². The van der Waals surface area contributed by atoms with Gasteiger partial charge in [0, 0.05) is 29.1 Å². The van der Waals surface area contributed by atoms with E-state index in [2.05, 4.69) is 26.6 Å². The van der Waals surface area contributed by atoms with Crippen molar-refractivity contribution in [2.24, 2.45) is 5.73 Å². The van der Waals surface area contributed by atoms with E-state index in [1.54, 1.807) is 18.2 Å². The van der Waals surface area contributed by atoms with Crippen LogP contribution < -0.4 is 16.4 Å². The molecule has 25 heavy (non-hydrogen) atoms. The highest BCUT2D eigenvalue weighted by Crippen LogP contribution is 2.14. The molecule has 2 aromatic carbocycles. The number of nitrogens with one attached hydrogen (secondary N) is 2. The molecule has 0 bridgehead atoms. The van der Waals surface area contributed by atoms with Crippen molar-refractivity contribution in [2.75, 3.05) is 5.32 Å². The lowest BCUT2D eigenvalue weighted by Crippen LogP contribution is -2.45. The Labute approximate surface area is 153 Å². The summed E-state index contributed by atoms with van der Waals surface area (Å²) in [6, 6.07) is 13.0. The second kappa shape index (κ2) is 8.43. The van der Waals surface area contributed by atoms with Gasteiger partial charge in [0.05, 0.1) is 0 Å². The maximum atomic E-state index is 12.4. The van der Waals surface area contributed by atoms with Crippen LogP contribution in [0.1, 0.15) is 22.8 Å². The summed E-state index contributed by atoms with van der Waals surface area (Å²) >= 11 is 3.37. The summed E-state index contributed by atoms with van der Waals surface area (Å²) in [6.07, 6.45) is 0.284. The highest BCUT2D eigenvalue weighted by atomic mass is 79.9. The Balaban J connectivity index is 2.12. The van der Waals surface area contributed by atoms with Crippen molar-refractivity contribution in [2.45, 2.75) is 19.4 Å². The number of hydrogen-bond donors (Lipinski definition) is 3. The largest absolute Gasteiger partial charge is 0.368 e. The van der Waals surface area contributed by atoms with Crippen LogP contribution in [0.3, 0.4) is 0 Å². The van der Waals surface area contributed by atoms with Gasteiger partial charge in [-0.05, 0) is 35.9 Å². The number of carbonyl (C=O) groups is 3. The minimum atomic E-state index is -0.841. The zero-order valence-corrected chi connectivity index (χ0v) is 15.2. The molecule has 0 radical (unpaired) electrons. The van der Waals surface area contributed by atoms with Crippen LogP contribution in [0.25, 0.3) is 0 Å². The molecule has 6 nitrogen and oxygen atoms in total. The van der Waals surface area contributed by atoms with Gasteiger partial charge in [0.2, 0.25) is 11.8 Å². The monoisotopic (exact) mass is 403 g/mol. The van der Waals surface area contributed by atoms with Crippen molar-refractivity contribution in [1.82, 2.24) is 5.32 Å². The molecule has 0 aliphatic heterocycles. The van der Waals surface area contributed by atoms with Gasteiger partial charge in [-0.15, -0.1) is 0 Å². The first-order chi connectivity index (χ1) is 11.8. The summed E-state index contributed by atoms with van der Waals surface area (Å²) in [4.78, 5) is 35.2. The van der Waals surface area contributed by atoms with Crippen molar-refractivity contribution >= 4 is 39.3 Å². The highest BCUT2D eigenvalue weighted by Gasteiger charge is 2.19. The lowest BCUT2D eigenvalue weighted by molar-refractivity contribution is -0.119. The quantitative estimate of drug-likeness (QED) is 0.688. The van der Waals surface area contributed by atoms with E-state index in [4.69, 9.17) is 5.73 Å². The number of carbonyl (C=O) groups excluding carboxylic acids is 3. The van der Waals surface area contributed by atoms with Gasteiger partial charge in [-0.1, -0.05) is 34.1 Å². The molecule has 130 valence electrons. The van der Waals surface area contributed by atoms with Gasteiger partial charge in [0.15, 0.2) is 0 Å². The van der Waals surface area contributed by atoms with Gasteiger partial charge in [0.25, 0.3) is 5.91 Å². The van der Waals surface area contributed by atoms with Crippen molar-refractivity contribution in [3.8, 4) is 0 Å². The first-order valence-electron chi connectivity index (χ1n) is 7.57. The van der Waals surface area contributed by atoms with E-state index in [0.29, 0.717) is 11.3 Å². The van der Waals surface area contributed by atoms with E-state index >= 15 is 0 Å². The van der Waals surface area contributed by atoms with E-state index in [1.165, 1.54) is 13.0 Å². The molecule has 0 saturated heterocycles. The molecule has 4 N–H and O–H groups in total. The Kier molecular flexibility index (Phi) is 6.30. The summed E-state index contributed by atoms with van der Waals surface area (Å²) in [5.74, 6) is -1.29. The number of halogens is 1. The molecule has 7 heteroatoms. The highest BCUT2D eigenvalue weighted by molar-refractivity contribution is 9.10. The standard InChI is InChI=1S/C18H18BrN3O3/c1-11(23)21-15-7-3-5-13(10-15)18(25)22-16(17(20)24)9-12-4-2-6-14(19)8-12/h2-8,10,16H,9H2,1H3,(H2,20,24)(H,21,23)(H,22,25)/t16-/m1/s1. The minimum absolute atomic E-state index is 0.234. The third kappa shape index (κ3) is 5.72. The summed E-state index contributed by atoms with van der Waals surface area (Å²) in [7, 11) is 0. The Bertz CT molecular complexity index is 808. The van der Waals surface area contributed by atoms with Crippen molar-refractivity contribution < 1.29 is 14.4 Å². The van der Waals surface area contributed by atoms with Crippen LogP contribution in [0.2, 0.25) is 0 Å². The Morgan fingerprint density at radius 1 is 1.12 bits per heavy atom. The first-order valence-corrected chi connectivity index (χ1v) is 8.36. The van der Waals surface area contributed by atoms with Crippen molar-refractivity contribution in [1.29, 1.82) is 0 Å². The molecule has 0 aliphatic rings. The second-order valence-electron chi connectivity index (χ2n) is 5.52. The zero-order chi connectivity index (χ0) is 18.4. The molecule has 0 unspecified atom stereocenters. The normalized spacial score (nSPS) is 11.4. The predicted molar refractivity (Wildman–Crippen MR) is 99.0 cm³/mol. The molecule has 2 aromatic rings. The SMILES string of the molecule is CC(=O)Nc1cccc(C(=O)N[C@H](Cc2cccc(Br)c2)C(N)=O)c1. The van der Waals surface area contributed by atoms with E-state index in [-0.39, 0.29) is 12.3 Å². The predicted octanol–water partition coefficient (Wildman–Crippen LogP) is 2.23. The van der Waals surface area contributed by atoms with E-state index in [9.17, 15) is 14.4 Å². The van der Waals surface area contributed by atoms with Gasteiger partial charge in [-0.3, -0.25) is 14.4 Å². The summed E-state index contributed by atoms with van der Waals surface area (Å²) in [5, 5.41) is 5.25. The Morgan fingerprint density at radius 2 is 1.84 bits per heavy atom. The number of primary amides is 1. The average Bonchev–Trinajstić information content (AvgIpc) is 2.53. The van der Waals surface area contributed by atoms with Gasteiger partial charge in [-0.25, -0.2) is 0 Å². The fourth-order valence-electron chi connectivity index (χ4n) is 2.31. The molecule has 0 heterocycles. The third-order valence-electron chi connectivity index (χ3n) is 3.42. The maximum absolute atomic E-state index is 12.4. The molecule has 2 rings (SSSR count). The van der Waals surface area contributed by atoms with Crippen LogP contribution in [0.15, 0.2) is 53.0 Å². The number of rotatable bonds is 6. The summed E-state index contributed by atoms with van der Waals surface area (Å²) < 4.78 is 0.877. The number of benzene rings is 2. The molecule has 1 atom stereocenters. The fraction of sp³-hybridized carbons (Fsp3) is 0.167. The van der Waals surface area contributed by atoms with Crippen LogP contribution in [0.5, 0.6) is 0 Å². The van der Waals surface area contributed by atoms with E-state index in [1.807, 2.05) is 24.3 Å². The Morgan fingerprint density at radius 3 is 2.48 bits per heavy atom. The smallest absolute Gasteiger partial charge is 0.252 e. The van der Waals surface area contributed by atoms with E-state index in [0.717, 1.165) is 10.0 Å². The Hall–Kier alpha value is -2.67. The first kappa shape index (κ1) is 18.7. The van der Waals surface area contributed by atoms with Crippen LogP contribution in [0.4, 0.5) is 5.69 Å². The molecular formula is C18H18BrN3O3. The molecular weight excluding hydrogens is 386 g/mol. The topological polar surface area (TPSA) is 101 Å². The van der Waals surface area contributed by atoms with Gasteiger partial charge in [-0.2, -0.15) is 0 Å². The summed E-state index contributed by atoms with van der Waals surface area (Å²) in [5.41, 5.74) is 7.12. The number of nitrogens with two attached hydrogens (primary N) is 1. The number of anilines is 1. The van der Waals surface area contributed by atoms with Gasteiger partial charge in [0.1, 0.15) is 6.04 Å².